The van der Waals surface area contributed by atoms with Crippen molar-refractivity contribution < 1.29 is 22.7 Å². The van der Waals surface area contributed by atoms with Gasteiger partial charge in [-0.2, -0.15) is 0 Å². The molecule has 28 heavy (non-hydrogen) atoms. The second-order valence-corrected chi connectivity index (χ2v) is 9.27. The zero-order chi connectivity index (χ0) is 20.3. The van der Waals surface area contributed by atoms with Crippen molar-refractivity contribution in [1.29, 1.82) is 0 Å². The Morgan fingerprint density at radius 3 is 2.00 bits per heavy atom. The highest BCUT2D eigenvalue weighted by Crippen LogP contribution is 2.18. The summed E-state index contributed by atoms with van der Waals surface area (Å²) >= 11 is 11.6. The number of esters is 1. The maximum Gasteiger partial charge on any atom is 0.338 e. The van der Waals surface area contributed by atoms with Crippen molar-refractivity contribution in [2.24, 2.45) is 0 Å². The first-order chi connectivity index (χ1) is 13.2. The normalized spacial score (nSPS) is 20.5. The molecule has 7 nitrogen and oxygen atoms in total. The molecule has 2 unspecified atom stereocenters. The van der Waals surface area contributed by atoms with E-state index in [4.69, 9.17) is 27.9 Å². The van der Waals surface area contributed by atoms with Gasteiger partial charge < -0.3 is 4.74 Å². The Labute approximate surface area is 171 Å². The van der Waals surface area contributed by atoms with Crippen LogP contribution in [0, 0.1) is 0 Å². The minimum Gasteiger partial charge on any atom is -0.456 e. The molecule has 1 fully saturated rings. The molecule has 1 saturated heterocycles. The van der Waals surface area contributed by atoms with Gasteiger partial charge in [0.2, 0.25) is 0 Å². The minimum absolute atomic E-state index is 0.248. The first-order valence-electron chi connectivity index (χ1n) is 8.22. The Morgan fingerprint density at radius 1 is 0.893 bits per heavy atom. The van der Waals surface area contributed by atoms with Gasteiger partial charge in [0.15, 0.2) is 9.84 Å². The van der Waals surface area contributed by atoms with Crippen molar-refractivity contribution >= 4 is 44.9 Å². The second kappa shape index (κ2) is 8.48. The Bertz CT molecular complexity index is 978. The van der Waals surface area contributed by atoms with Crippen molar-refractivity contribution in [2.45, 2.75) is 12.1 Å². The molecule has 0 radical (unpaired) electrons. The van der Waals surface area contributed by atoms with E-state index in [1.165, 1.54) is 36.4 Å². The number of amides is 1. The highest BCUT2D eigenvalue weighted by atomic mass is 35.5. The molecule has 10 heteroatoms. The van der Waals surface area contributed by atoms with Crippen LogP contribution in [-0.4, -0.2) is 43.9 Å². The van der Waals surface area contributed by atoms with Crippen LogP contribution in [0.5, 0.6) is 0 Å². The van der Waals surface area contributed by atoms with Crippen molar-refractivity contribution in [2.75, 3.05) is 11.5 Å². The van der Waals surface area contributed by atoms with Crippen LogP contribution in [0.15, 0.2) is 48.5 Å². The zero-order valence-electron chi connectivity index (χ0n) is 14.4. The summed E-state index contributed by atoms with van der Waals surface area (Å²) in [6.45, 7) is 0. The maximum atomic E-state index is 12.3. The number of hydrogen-bond acceptors (Lipinski definition) is 6. The fourth-order valence-corrected chi connectivity index (χ4v) is 4.72. The molecule has 0 spiro atoms. The van der Waals surface area contributed by atoms with E-state index < -0.39 is 33.9 Å². The number of carbonyl (C=O) groups is 2. The minimum atomic E-state index is -3.43. The highest BCUT2D eigenvalue weighted by Gasteiger charge is 2.40. The van der Waals surface area contributed by atoms with Crippen LogP contribution in [0.3, 0.4) is 0 Å². The molecular weight excluding hydrogens is 427 g/mol. The molecule has 0 aromatic heterocycles. The van der Waals surface area contributed by atoms with Gasteiger partial charge >= 0.3 is 5.97 Å². The van der Waals surface area contributed by atoms with Crippen LogP contribution in [0.4, 0.5) is 0 Å². The van der Waals surface area contributed by atoms with Crippen molar-refractivity contribution in [1.82, 2.24) is 10.9 Å². The second-order valence-electron chi connectivity index (χ2n) is 6.24. The lowest BCUT2D eigenvalue weighted by Crippen LogP contribution is -2.50. The van der Waals surface area contributed by atoms with Crippen LogP contribution in [-0.2, 0) is 14.6 Å². The third-order valence-corrected chi connectivity index (χ3v) is 6.32. The molecule has 148 valence electrons. The Kier molecular flexibility index (Phi) is 6.24. The van der Waals surface area contributed by atoms with Gasteiger partial charge in [-0.05, 0) is 48.5 Å². The van der Waals surface area contributed by atoms with Crippen LogP contribution < -0.4 is 10.9 Å². The highest BCUT2D eigenvalue weighted by molar-refractivity contribution is 7.91. The lowest BCUT2D eigenvalue weighted by Gasteiger charge is -2.20. The Morgan fingerprint density at radius 2 is 1.43 bits per heavy atom. The molecule has 1 aliphatic heterocycles. The maximum absolute atomic E-state index is 12.3. The number of hydrogen-bond donors (Lipinski definition) is 2. The monoisotopic (exact) mass is 442 g/mol. The quantitative estimate of drug-likeness (QED) is 0.543. The predicted octanol–water partition coefficient (Wildman–Crippen LogP) is 2.25. The number of carbonyl (C=O) groups excluding carboxylic acids is 2. The molecule has 1 heterocycles. The topological polar surface area (TPSA) is 102 Å². The molecule has 2 aromatic carbocycles. The van der Waals surface area contributed by atoms with Gasteiger partial charge in [0, 0.05) is 15.6 Å². The first-order valence-corrected chi connectivity index (χ1v) is 10.8. The third kappa shape index (κ3) is 5.23. The fourth-order valence-electron chi connectivity index (χ4n) is 2.69. The molecule has 2 atom stereocenters. The summed E-state index contributed by atoms with van der Waals surface area (Å²) in [5.74, 6) is -1.74. The summed E-state index contributed by atoms with van der Waals surface area (Å²) in [6, 6.07) is 11.4. The van der Waals surface area contributed by atoms with E-state index >= 15 is 0 Å². The van der Waals surface area contributed by atoms with Crippen molar-refractivity contribution in [3.05, 3.63) is 69.7 Å². The van der Waals surface area contributed by atoms with E-state index in [9.17, 15) is 18.0 Å². The van der Waals surface area contributed by atoms with Gasteiger partial charge in [0.25, 0.3) is 5.91 Å². The summed E-state index contributed by atoms with van der Waals surface area (Å²) in [4.78, 5) is 24.4. The Balaban J connectivity index is 1.64. The average Bonchev–Trinajstić information content (AvgIpc) is 2.94. The molecule has 0 aliphatic carbocycles. The Hall–Kier alpha value is -2.13. The van der Waals surface area contributed by atoms with Gasteiger partial charge in [0.05, 0.1) is 23.1 Å². The number of nitrogens with one attached hydrogen (secondary N) is 2. The average molecular weight is 443 g/mol. The summed E-state index contributed by atoms with van der Waals surface area (Å²) in [6.07, 6.45) is -0.946. The van der Waals surface area contributed by atoms with E-state index in [1.54, 1.807) is 12.1 Å². The van der Waals surface area contributed by atoms with Gasteiger partial charge in [-0.15, -0.1) is 0 Å². The summed E-state index contributed by atoms with van der Waals surface area (Å²) in [5.41, 5.74) is 5.69. The molecule has 1 amide bonds. The van der Waals surface area contributed by atoms with E-state index in [2.05, 4.69) is 10.9 Å². The molecule has 2 N–H and O–H groups in total. The van der Waals surface area contributed by atoms with Gasteiger partial charge in [-0.25, -0.2) is 18.6 Å². The largest absolute Gasteiger partial charge is 0.456 e. The predicted molar refractivity (Wildman–Crippen MR) is 105 cm³/mol. The van der Waals surface area contributed by atoms with Gasteiger partial charge in [-0.1, -0.05) is 23.2 Å². The van der Waals surface area contributed by atoms with Gasteiger partial charge in [-0.3, -0.25) is 10.2 Å². The smallest absolute Gasteiger partial charge is 0.338 e. The van der Waals surface area contributed by atoms with E-state index in [-0.39, 0.29) is 17.1 Å². The van der Waals surface area contributed by atoms with Crippen molar-refractivity contribution in [3.63, 3.8) is 0 Å². The van der Waals surface area contributed by atoms with E-state index in [1.807, 2.05) is 0 Å². The molecule has 2 aromatic rings. The van der Waals surface area contributed by atoms with Crippen LogP contribution in [0.1, 0.15) is 20.7 Å². The molecule has 1 aliphatic rings. The lowest BCUT2D eigenvalue weighted by atomic mass is 10.2. The molecular formula is C18H16Cl2N2O5S. The van der Waals surface area contributed by atoms with Crippen LogP contribution in [0.2, 0.25) is 10.0 Å². The van der Waals surface area contributed by atoms with Crippen LogP contribution in [0.25, 0.3) is 0 Å². The third-order valence-electron chi connectivity index (χ3n) is 4.12. The molecule has 0 bridgehead atoms. The van der Waals surface area contributed by atoms with Gasteiger partial charge in [0.1, 0.15) is 6.10 Å². The van der Waals surface area contributed by atoms with E-state index in [0.717, 1.165) is 0 Å². The fraction of sp³-hybridized carbons (Fsp3) is 0.222. The number of hydrazine groups is 1. The van der Waals surface area contributed by atoms with E-state index in [0.29, 0.717) is 15.6 Å². The summed E-state index contributed by atoms with van der Waals surface area (Å²) in [5, 5.41) is 0.949. The molecule has 3 rings (SSSR count). The first kappa shape index (κ1) is 20.6. The van der Waals surface area contributed by atoms with Crippen molar-refractivity contribution in [3.8, 4) is 0 Å². The summed E-state index contributed by atoms with van der Waals surface area (Å²) < 4.78 is 29.3. The molecule has 0 saturated carbocycles. The number of rotatable bonds is 5. The number of sulfone groups is 1. The standard InChI is InChI=1S/C18H16Cl2N2O5S/c19-13-5-1-11(2-6-13)17(23)22-21-15-9-28(25,26)10-16(15)27-18(24)12-3-7-14(20)8-4-12/h1-8,15-16,21H,9-10H2,(H,22,23). The number of ether oxygens (including phenoxy) is 1. The lowest BCUT2D eigenvalue weighted by molar-refractivity contribution is 0.0287. The number of halogens is 2. The van der Waals surface area contributed by atoms with Crippen LogP contribution >= 0.6 is 23.2 Å². The summed E-state index contributed by atoms with van der Waals surface area (Å²) in [7, 11) is -3.43. The zero-order valence-corrected chi connectivity index (χ0v) is 16.7. The number of benzene rings is 2. The SMILES string of the molecule is O=C(NNC1CS(=O)(=O)CC1OC(=O)c1ccc(Cl)cc1)c1ccc(Cl)cc1.